The zero-order valence-corrected chi connectivity index (χ0v) is 10.5. The first kappa shape index (κ1) is 14.8. The Labute approximate surface area is 92.6 Å². The van der Waals surface area contributed by atoms with Crippen molar-refractivity contribution in [3.63, 3.8) is 0 Å². The Morgan fingerprint density at radius 2 is 1.67 bits per heavy atom. The van der Waals surface area contributed by atoms with E-state index in [1.807, 2.05) is 20.8 Å². The van der Waals surface area contributed by atoms with Gasteiger partial charge in [-0.2, -0.15) is 0 Å². The summed E-state index contributed by atoms with van der Waals surface area (Å²) in [5.74, 6) is 0. The van der Waals surface area contributed by atoms with Crippen LogP contribution in [0.25, 0.3) is 0 Å². The topological polar surface area (TPSA) is 61.7 Å². The normalized spacial score (nSPS) is 15.4. The van der Waals surface area contributed by atoms with Crippen LogP contribution in [-0.2, 0) is 4.74 Å². The molecule has 0 aliphatic heterocycles. The first-order chi connectivity index (χ1) is 6.78. The number of aliphatic hydroxyl groups is 2. The van der Waals surface area contributed by atoms with Crippen molar-refractivity contribution in [3.05, 3.63) is 0 Å². The molecule has 3 N–H and O–H groups in total. The summed E-state index contributed by atoms with van der Waals surface area (Å²) in [6, 6.07) is 0.171. The van der Waals surface area contributed by atoms with Crippen molar-refractivity contribution < 1.29 is 14.9 Å². The molecule has 0 aliphatic rings. The van der Waals surface area contributed by atoms with Crippen molar-refractivity contribution in [2.45, 2.75) is 51.3 Å². The number of methoxy groups -OCH3 is 1. The molecule has 1 atom stereocenters. The molecule has 0 amide bonds. The highest BCUT2D eigenvalue weighted by atomic mass is 16.5. The van der Waals surface area contributed by atoms with Crippen LogP contribution in [-0.4, -0.2) is 47.7 Å². The Morgan fingerprint density at radius 3 is 2.00 bits per heavy atom. The van der Waals surface area contributed by atoms with E-state index < -0.39 is 5.54 Å². The smallest absolute Gasteiger partial charge is 0.0637 e. The Balaban J connectivity index is 4.19. The van der Waals surface area contributed by atoms with Crippen LogP contribution in [0.1, 0.15) is 34.1 Å². The van der Waals surface area contributed by atoms with Gasteiger partial charge in [-0.1, -0.05) is 0 Å². The molecule has 4 heteroatoms. The third-order valence-electron chi connectivity index (χ3n) is 2.64. The zero-order valence-electron chi connectivity index (χ0n) is 10.5. The largest absolute Gasteiger partial charge is 0.394 e. The second-order valence-corrected chi connectivity index (χ2v) is 5.09. The van der Waals surface area contributed by atoms with Crippen LogP contribution in [0, 0.1) is 0 Å². The first-order valence-corrected chi connectivity index (χ1v) is 5.33. The highest BCUT2D eigenvalue weighted by Gasteiger charge is 2.27. The van der Waals surface area contributed by atoms with Crippen LogP contribution in [0.5, 0.6) is 0 Å². The van der Waals surface area contributed by atoms with Gasteiger partial charge >= 0.3 is 0 Å². The molecule has 0 saturated heterocycles. The van der Waals surface area contributed by atoms with E-state index in [0.29, 0.717) is 0 Å². The van der Waals surface area contributed by atoms with Gasteiger partial charge in [-0.3, -0.25) is 0 Å². The average molecular weight is 219 g/mol. The van der Waals surface area contributed by atoms with E-state index in [9.17, 15) is 0 Å². The minimum absolute atomic E-state index is 0.0821. The second kappa shape index (κ2) is 5.80. The van der Waals surface area contributed by atoms with Crippen LogP contribution in [0.4, 0.5) is 0 Å². The monoisotopic (exact) mass is 219 g/mol. The number of ether oxygens (including phenoxy) is 1. The average Bonchev–Trinajstić information content (AvgIpc) is 2.16. The molecule has 0 aliphatic carbocycles. The highest BCUT2D eigenvalue weighted by molar-refractivity contribution is 4.86. The van der Waals surface area contributed by atoms with Crippen LogP contribution < -0.4 is 5.32 Å². The zero-order chi connectivity index (χ0) is 12.1. The van der Waals surface area contributed by atoms with Gasteiger partial charge in [-0.25, -0.2) is 0 Å². The second-order valence-electron chi connectivity index (χ2n) is 5.09. The van der Waals surface area contributed by atoms with Gasteiger partial charge in [0.1, 0.15) is 0 Å². The van der Waals surface area contributed by atoms with Crippen molar-refractivity contribution in [1.29, 1.82) is 0 Å². The third-order valence-corrected chi connectivity index (χ3v) is 2.64. The maximum atomic E-state index is 9.14. The van der Waals surface area contributed by atoms with Gasteiger partial charge < -0.3 is 20.3 Å². The lowest BCUT2D eigenvalue weighted by Gasteiger charge is -2.34. The van der Waals surface area contributed by atoms with Crippen molar-refractivity contribution in [2.24, 2.45) is 0 Å². The van der Waals surface area contributed by atoms with Gasteiger partial charge in [-0.15, -0.1) is 0 Å². The van der Waals surface area contributed by atoms with Crippen LogP contribution >= 0.6 is 0 Å². The summed E-state index contributed by atoms with van der Waals surface area (Å²) in [6.07, 6.45) is 0.819. The van der Waals surface area contributed by atoms with Crippen LogP contribution in [0.3, 0.4) is 0 Å². The molecule has 0 spiro atoms. The molecule has 15 heavy (non-hydrogen) atoms. The van der Waals surface area contributed by atoms with Crippen molar-refractivity contribution in [3.8, 4) is 0 Å². The van der Waals surface area contributed by atoms with Gasteiger partial charge in [0.2, 0.25) is 0 Å². The molecule has 0 rings (SSSR count). The third kappa shape index (κ3) is 5.47. The van der Waals surface area contributed by atoms with Gasteiger partial charge in [0.05, 0.1) is 24.4 Å². The Morgan fingerprint density at radius 1 is 1.20 bits per heavy atom. The first-order valence-electron chi connectivity index (χ1n) is 5.33. The summed E-state index contributed by atoms with van der Waals surface area (Å²) in [5.41, 5.74) is -0.818. The quantitative estimate of drug-likeness (QED) is 0.584. The molecule has 0 fully saturated rings. The summed E-state index contributed by atoms with van der Waals surface area (Å²) in [6.45, 7) is 7.68. The molecule has 1 unspecified atom stereocenters. The molecule has 0 aromatic carbocycles. The molecule has 0 saturated carbocycles. The summed E-state index contributed by atoms with van der Waals surface area (Å²) in [4.78, 5) is 0. The number of aliphatic hydroxyl groups excluding tert-OH is 2. The fourth-order valence-corrected chi connectivity index (χ4v) is 1.61. The van der Waals surface area contributed by atoms with Gasteiger partial charge in [0, 0.05) is 13.2 Å². The molecule has 0 aromatic heterocycles. The summed E-state index contributed by atoms with van der Waals surface area (Å²) >= 11 is 0. The molecular formula is C11H25NO3. The lowest BCUT2D eigenvalue weighted by Crippen LogP contribution is -2.54. The Kier molecular flexibility index (Phi) is 5.73. The molecule has 0 heterocycles. The number of rotatable bonds is 7. The minimum atomic E-state index is -0.622. The van der Waals surface area contributed by atoms with E-state index in [-0.39, 0.29) is 24.9 Å². The highest BCUT2D eigenvalue weighted by Crippen LogP contribution is 2.17. The summed E-state index contributed by atoms with van der Waals surface area (Å²) in [7, 11) is 1.68. The van der Waals surface area contributed by atoms with Crippen LogP contribution in [0.2, 0.25) is 0 Å². The fourth-order valence-electron chi connectivity index (χ4n) is 1.61. The summed E-state index contributed by atoms with van der Waals surface area (Å²) < 4.78 is 5.33. The molecule has 0 aromatic rings. The number of hydrogen-bond acceptors (Lipinski definition) is 4. The predicted molar refractivity (Wildman–Crippen MR) is 60.9 cm³/mol. The number of nitrogens with one attached hydrogen (secondary N) is 1. The van der Waals surface area contributed by atoms with Crippen LogP contribution in [0.15, 0.2) is 0 Å². The van der Waals surface area contributed by atoms with Crippen molar-refractivity contribution in [1.82, 2.24) is 5.32 Å². The predicted octanol–water partition coefficient (Wildman–Crippen LogP) is 0.523. The number of hydrogen-bond donors (Lipinski definition) is 3. The SMILES string of the molecule is COC(C)(C)CC(C)NC(C)(CO)CO. The fraction of sp³-hybridized carbons (Fsp3) is 1.00. The maximum Gasteiger partial charge on any atom is 0.0637 e. The van der Waals surface area contributed by atoms with Gasteiger partial charge in [-0.05, 0) is 34.1 Å². The minimum Gasteiger partial charge on any atom is -0.394 e. The van der Waals surface area contributed by atoms with E-state index in [4.69, 9.17) is 14.9 Å². The molecule has 92 valence electrons. The van der Waals surface area contributed by atoms with Crippen molar-refractivity contribution >= 4 is 0 Å². The van der Waals surface area contributed by atoms with E-state index in [1.54, 1.807) is 14.0 Å². The molecule has 0 radical (unpaired) electrons. The molecule has 0 bridgehead atoms. The van der Waals surface area contributed by atoms with E-state index in [1.165, 1.54) is 0 Å². The lowest BCUT2D eigenvalue weighted by atomic mass is 9.96. The van der Waals surface area contributed by atoms with E-state index in [0.717, 1.165) is 6.42 Å². The summed E-state index contributed by atoms with van der Waals surface area (Å²) in [5, 5.41) is 21.5. The Bertz CT molecular complexity index is 179. The van der Waals surface area contributed by atoms with E-state index in [2.05, 4.69) is 5.32 Å². The maximum absolute atomic E-state index is 9.14. The standard InChI is InChI=1S/C11H25NO3/c1-9(6-10(2,3)15-5)12-11(4,7-13)8-14/h9,12-14H,6-8H2,1-5H3. The van der Waals surface area contributed by atoms with Gasteiger partial charge in [0.25, 0.3) is 0 Å². The van der Waals surface area contributed by atoms with Crippen molar-refractivity contribution in [2.75, 3.05) is 20.3 Å². The molecule has 4 nitrogen and oxygen atoms in total. The van der Waals surface area contributed by atoms with E-state index >= 15 is 0 Å². The van der Waals surface area contributed by atoms with Gasteiger partial charge in [0.15, 0.2) is 0 Å². The molecular weight excluding hydrogens is 194 g/mol. The Hall–Kier alpha value is -0.160. The lowest BCUT2D eigenvalue weighted by molar-refractivity contribution is 0.00163.